The lowest BCUT2D eigenvalue weighted by molar-refractivity contribution is -0.151. The predicted molar refractivity (Wildman–Crippen MR) is 120 cm³/mol. The van der Waals surface area contributed by atoms with Gasteiger partial charge in [0, 0.05) is 30.1 Å². The molecule has 1 aliphatic rings. The number of esters is 1. The van der Waals surface area contributed by atoms with E-state index in [4.69, 9.17) is 9.15 Å². The average Bonchev–Trinajstić information content (AvgIpc) is 2.81. The zero-order valence-electron chi connectivity index (χ0n) is 18.7. The van der Waals surface area contributed by atoms with E-state index in [-0.39, 0.29) is 32.5 Å². The van der Waals surface area contributed by atoms with Crippen molar-refractivity contribution in [2.45, 2.75) is 37.4 Å². The summed E-state index contributed by atoms with van der Waals surface area (Å²) in [6.07, 6.45) is -4.62. The number of ether oxygens (including phenoxy) is 1. The predicted octanol–water partition coefficient (Wildman–Crippen LogP) is 4.26. The number of hydrogen-bond donors (Lipinski definition) is 0. The Morgan fingerprint density at radius 1 is 1.11 bits per heavy atom. The first-order valence-corrected chi connectivity index (χ1v) is 12.3. The maximum Gasteiger partial charge on any atom is 0.417 e. The number of rotatable bonds is 5. The topological polar surface area (TPSA) is 93.9 Å². The second-order valence-corrected chi connectivity index (χ2v) is 10.3. The van der Waals surface area contributed by atoms with Crippen molar-refractivity contribution in [3.8, 4) is 0 Å². The van der Waals surface area contributed by atoms with Gasteiger partial charge in [-0.1, -0.05) is 24.3 Å². The fraction of sp³-hybridized carbons (Fsp3) is 0.333. The maximum absolute atomic E-state index is 13.3. The van der Waals surface area contributed by atoms with Crippen LogP contribution in [0, 0.1) is 12.8 Å². The van der Waals surface area contributed by atoms with Crippen molar-refractivity contribution in [2.75, 3.05) is 13.1 Å². The number of hydrogen-bond acceptors (Lipinski definition) is 6. The summed E-state index contributed by atoms with van der Waals surface area (Å²) in [5, 5.41) is 0.632. The molecule has 1 fully saturated rings. The SMILES string of the molecule is Cc1ccc2c(COC(=O)C3CCN(S(=O)(=O)c4ccccc4C(F)(F)F)CC3)cc(=O)oc2c1. The summed E-state index contributed by atoms with van der Waals surface area (Å²) in [6.45, 7) is 1.44. The fourth-order valence-corrected chi connectivity index (χ4v) is 5.80. The van der Waals surface area contributed by atoms with Gasteiger partial charge < -0.3 is 9.15 Å². The van der Waals surface area contributed by atoms with Crippen molar-refractivity contribution in [2.24, 2.45) is 5.92 Å². The number of nitrogens with zero attached hydrogens (tertiary/aromatic N) is 1. The molecule has 0 bridgehead atoms. The molecule has 1 aromatic heterocycles. The van der Waals surface area contributed by atoms with Gasteiger partial charge in [-0.3, -0.25) is 4.79 Å². The van der Waals surface area contributed by atoms with Gasteiger partial charge in [0.25, 0.3) is 0 Å². The number of fused-ring (bicyclic) bond motifs is 1. The van der Waals surface area contributed by atoms with Crippen molar-refractivity contribution in [1.29, 1.82) is 0 Å². The Morgan fingerprint density at radius 2 is 1.80 bits per heavy atom. The molecule has 1 aliphatic heterocycles. The summed E-state index contributed by atoms with van der Waals surface area (Å²) < 4.78 is 77.3. The monoisotopic (exact) mass is 509 g/mol. The van der Waals surface area contributed by atoms with Gasteiger partial charge in [0.15, 0.2) is 0 Å². The number of piperidine rings is 1. The van der Waals surface area contributed by atoms with Gasteiger partial charge in [-0.2, -0.15) is 17.5 Å². The zero-order valence-corrected chi connectivity index (χ0v) is 19.5. The largest absolute Gasteiger partial charge is 0.461 e. The fourth-order valence-electron chi connectivity index (χ4n) is 4.12. The van der Waals surface area contributed by atoms with Crippen molar-refractivity contribution in [1.82, 2.24) is 4.31 Å². The Hall–Kier alpha value is -3.18. The third kappa shape index (κ3) is 5.25. The van der Waals surface area contributed by atoms with Crippen molar-refractivity contribution < 1.29 is 35.5 Å². The minimum absolute atomic E-state index is 0.100. The van der Waals surface area contributed by atoms with Gasteiger partial charge in [0.2, 0.25) is 10.0 Å². The summed E-state index contributed by atoms with van der Waals surface area (Å²) >= 11 is 0. The number of sulfonamides is 1. The van der Waals surface area contributed by atoms with Crippen LogP contribution in [0.4, 0.5) is 13.2 Å². The van der Waals surface area contributed by atoms with E-state index in [9.17, 15) is 31.2 Å². The molecule has 3 aromatic rings. The molecule has 0 spiro atoms. The highest BCUT2D eigenvalue weighted by Crippen LogP contribution is 2.36. The number of benzene rings is 2. The van der Waals surface area contributed by atoms with Crippen LogP contribution >= 0.6 is 0 Å². The third-order valence-corrected chi connectivity index (χ3v) is 7.91. The van der Waals surface area contributed by atoms with Crippen LogP contribution in [0.25, 0.3) is 11.0 Å². The van der Waals surface area contributed by atoms with Gasteiger partial charge in [0.05, 0.1) is 16.4 Å². The van der Waals surface area contributed by atoms with Gasteiger partial charge in [-0.25, -0.2) is 13.2 Å². The standard InChI is InChI=1S/C24H22F3NO6S/c1-15-6-7-18-17(13-22(29)34-20(18)12-15)14-33-23(30)16-8-10-28(11-9-16)35(31,32)21-5-3-2-4-19(21)24(25,26)27/h2-7,12-13,16H,8-11,14H2,1H3. The molecule has 1 saturated heterocycles. The molecule has 0 amide bonds. The van der Waals surface area contributed by atoms with Crippen LogP contribution < -0.4 is 5.63 Å². The quantitative estimate of drug-likeness (QED) is 0.377. The molecular formula is C24H22F3NO6S. The third-order valence-electron chi connectivity index (χ3n) is 5.95. The molecule has 2 heterocycles. The molecule has 7 nitrogen and oxygen atoms in total. The summed E-state index contributed by atoms with van der Waals surface area (Å²) in [6, 6.07) is 10.6. The first-order chi connectivity index (χ1) is 16.5. The minimum Gasteiger partial charge on any atom is -0.461 e. The van der Waals surface area contributed by atoms with Gasteiger partial charge in [-0.05, 0) is 43.5 Å². The van der Waals surface area contributed by atoms with E-state index in [1.807, 2.05) is 13.0 Å². The molecular weight excluding hydrogens is 487 g/mol. The maximum atomic E-state index is 13.3. The van der Waals surface area contributed by atoms with E-state index in [1.165, 1.54) is 12.1 Å². The van der Waals surface area contributed by atoms with Crippen LogP contribution in [-0.4, -0.2) is 31.8 Å². The molecule has 0 atom stereocenters. The molecule has 2 aromatic carbocycles. The zero-order chi connectivity index (χ0) is 25.4. The molecule has 0 N–H and O–H groups in total. The van der Waals surface area contributed by atoms with E-state index in [0.717, 1.165) is 28.1 Å². The second-order valence-electron chi connectivity index (χ2n) is 8.37. The molecule has 0 saturated carbocycles. The highest BCUT2D eigenvalue weighted by Gasteiger charge is 2.40. The van der Waals surface area contributed by atoms with Gasteiger partial charge >= 0.3 is 17.8 Å². The van der Waals surface area contributed by atoms with Crippen LogP contribution in [0.15, 0.2) is 62.6 Å². The summed E-state index contributed by atoms with van der Waals surface area (Å²) in [7, 11) is -4.40. The Balaban J connectivity index is 1.42. The second kappa shape index (κ2) is 9.46. The Bertz CT molecular complexity index is 1420. The van der Waals surface area contributed by atoms with Crippen LogP contribution in [0.3, 0.4) is 0 Å². The lowest BCUT2D eigenvalue weighted by atomic mass is 9.98. The highest BCUT2D eigenvalue weighted by molar-refractivity contribution is 7.89. The van der Waals surface area contributed by atoms with E-state index >= 15 is 0 Å². The first-order valence-electron chi connectivity index (χ1n) is 10.8. The lowest BCUT2D eigenvalue weighted by Crippen LogP contribution is -2.41. The molecule has 35 heavy (non-hydrogen) atoms. The van der Waals surface area contributed by atoms with E-state index in [2.05, 4.69) is 0 Å². The average molecular weight is 510 g/mol. The van der Waals surface area contributed by atoms with Crippen LogP contribution in [0.2, 0.25) is 0 Å². The van der Waals surface area contributed by atoms with Gasteiger partial charge in [0.1, 0.15) is 12.2 Å². The normalized spacial score (nSPS) is 15.9. The summed E-state index contributed by atoms with van der Waals surface area (Å²) in [4.78, 5) is 23.7. The number of carbonyl (C=O) groups excluding carboxylic acids is 1. The summed E-state index contributed by atoms with van der Waals surface area (Å²) in [5.74, 6) is -1.18. The van der Waals surface area contributed by atoms with Crippen molar-refractivity contribution in [3.63, 3.8) is 0 Å². The smallest absolute Gasteiger partial charge is 0.417 e. The molecule has 0 aliphatic carbocycles. The number of carbonyl (C=O) groups is 1. The van der Waals surface area contributed by atoms with Crippen LogP contribution in [-0.2, 0) is 32.3 Å². The molecule has 11 heteroatoms. The van der Waals surface area contributed by atoms with Crippen LogP contribution in [0.5, 0.6) is 0 Å². The van der Waals surface area contributed by atoms with Gasteiger partial charge in [-0.15, -0.1) is 0 Å². The molecule has 0 unspecified atom stereocenters. The van der Waals surface area contributed by atoms with Crippen LogP contribution in [0.1, 0.15) is 29.5 Å². The summed E-state index contributed by atoms with van der Waals surface area (Å²) in [5.41, 5.74) is -0.0490. The van der Waals surface area contributed by atoms with Crippen molar-refractivity contribution >= 4 is 27.0 Å². The highest BCUT2D eigenvalue weighted by atomic mass is 32.2. The number of alkyl halides is 3. The van der Waals surface area contributed by atoms with E-state index in [1.54, 1.807) is 12.1 Å². The lowest BCUT2D eigenvalue weighted by Gasteiger charge is -2.30. The first kappa shape index (κ1) is 24.9. The van der Waals surface area contributed by atoms with Crippen molar-refractivity contribution in [3.05, 3.63) is 75.6 Å². The van der Waals surface area contributed by atoms with E-state index < -0.39 is 44.2 Å². The molecule has 4 rings (SSSR count). The Morgan fingerprint density at radius 3 is 2.49 bits per heavy atom. The molecule has 186 valence electrons. The Kier molecular flexibility index (Phi) is 6.74. The minimum atomic E-state index is -4.82. The number of halogens is 3. The molecule has 0 radical (unpaired) electrons. The number of aryl methyl sites for hydroxylation is 1. The van der Waals surface area contributed by atoms with E-state index in [0.29, 0.717) is 16.5 Å². The Labute approximate surface area is 199 Å².